The predicted octanol–water partition coefficient (Wildman–Crippen LogP) is 1.90. The van der Waals surface area contributed by atoms with E-state index in [0.29, 0.717) is 11.1 Å². The summed E-state index contributed by atoms with van der Waals surface area (Å²) in [6.45, 7) is 0.169. The van der Waals surface area contributed by atoms with Crippen molar-refractivity contribution < 1.29 is 14.0 Å². The third-order valence-electron chi connectivity index (χ3n) is 3.27. The molecule has 2 aromatic rings. The molecule has 122 valence electrons. The van der Waals surface area contributed by atoms with Crippen molar-refractivity contribution in [2.45, 2.75) is 6.42 Å². The number of halogens is 1. The number of rotatable bonds is 4. The lowest BCUT2D eigenvalue weighted by Crippen LogP contribution is -2.25. The maximum Gasteiger partial charge on any atom is 0.252 e. The number of benzene rings is 2. The van der Waals surface area contributed by atoms with Crippen LogP contribution in [0.15, 0.2) is 48.5 Å². The molecule has 2 aromatic carbocycles. The third-order valence-corrected chi connectivity index (χ3v) is 3.27. The lowest BCUT2D eigenvalue weighted by atomic mass is 10.1. The van der Waals surface area contributed by atoms with Gasteiger partial charge in [0.2, 0.25) is 5.91 Å². The summed E-state index contributed by atoms with van der Waals surface area (Å²) in [5.74, 6) is 4.96. The van der Waals surface area contributed by atoms with Crippen LogP contribution in [0.4, 0.5) is 4.39 Å². The number of hydrogen-bond acceptors (Lipinski definition) is 2. The van der Waals surface area contributed by atoms with E-state index in [1.54, 1.807) is 43.4 Å². The molecule has 2 amide bonds. The predicted molar refractivity (Wildman–Crippen MR) is 89.8 cm³/mol. The average molecular weight is 324 g/mol. The first-order chi connectivity index (χ1) is 11.6. The molecule has 0 heterocycles. The van der Waals surface area contributed by atoms with Gasteiger partial charge in [0.15, 0.2) is 0 Å². The molecule has 0 atom stereocenters. The van der Waals surface area contributed by atoms with Crippen LogP contribution in [0, 0.1) is 17.7 Å². The van der Waals surface area contributed by atoms with E-state index in [2.05, 4.69) is 22.5 Å². The Morgan fingerprint density at radius 1 is 1.08 bits per heavy atom. The highest BCUT2D eigenvalue weighted by Gasteiger charge is 2.06. The minimum atomic E-state index is -0.334. The zero-order valence-electron chi connectivity index (χ0n) is 13.2. The number of hydrogen-bond donors (Lipinski definition) is 2. The van der Waals surface area contributed by atoms with Gasteiger partial charge in [0.05, 0.1) is 18.5 Å². The van der Waals surface area contributed by atoms with Crippen molar-refractivity contribution in [2.24, 2.45) is 0 Å². The molecular weight excluding hydrogens is 307 g/mol. The van der Waals surface area contributed by atoms with Gasteiger partial charge in [-0.3, -0.25) is 9.59 Å². The Balaban J connectivity index is 1.91. The van der Waals surface area contributed by atoms with Gasteiger partial charge in [-0.25, -0.2) is 4.39 Å². The Hall–Kier alpha value is -3.13. The maximum atomic E-state index is 12.8. The first kappa shape index (κ1) is 17.2. The summed E-state index contributed by atoms with van der Waals surface area (Å²) >= 11 is 0. The van der Waals surface area contributed by atoms with Crippen molar-refractivity contribution in [3.63, 3.8) is 0 Å². The standard InChI is InChI=1S/C19H17FN2O2/c1-21-19(24)17-7-3-2-5-15(17)6-4-12-22-18(23)13-14-8-10-16(20)11-9-14/h2-3,5,7-11H,12-13H2,1H3,(H,21,24)(H,22,23). The lowest BCUT2D eigenvalue weighted by Gasteiger charge is -2.03. The Labute approximate surface area is 140 Å². The van der Waals surface area contributed by atoms with Gasteiger partial charge in [-0.15, -0.1) is 0 Å². The summed E-state index contributed by atoms with van der Waals surface area (Å²) in [4.78, 5) is 23.5. The van der Waals surface area contributed by atoms with E-state index in [0.717, 1.165) is 5.56 Å². The monoisotopic (exact) mass is 324 g/mol. The summed E-state index contributed by atoms with van der Waals surface area (Å²) < 4.78 is 12.8. The Kier molecular flexibility index (Phi) is 6.09. The topological polar surface area (TPSA) is 58.2 Å². The second-order valence-electron chi connectivity index (χ2n) is 5.01. The highest BCUT2D eigenvalue weighted by Crippen LogP contribution is 2.06. The molecule has 5 heteroatoms. The van der Waals surface area contributed by atoms with Crippen LogP contribution >= 0.6 is 0 Å². The van der Waals surface area contributed by atoms with Crippen molar-refractivity contribution >= 4 is 11.8 Å². The fourth-order valence-electron chi connectivity index (χ4n) is 2.06. The van der Waals surface area contributed by atoms with E-state index in [-0.39, 0.29) is 30.6 Å². The molecule has 0 saturated carbocycles. The summed E-state index contributed by atoms with van der Waals surface area (Å²) in [5, 5.41) is 5.23. The Morgan fingerprint density at radius 3 is 2.50 bits per heavy atom. The zero-order chi connectivity index (χ0) is 17.4. The quantitative estimate of drug-likeness (QED) is 0.844. The van der Waals surface area contributed by atoms with Crippen molar-refractivity contribution in [3.05, 3.63) is 71.0 Å². The van der Waals surface area contributed by atoms with Gasteiger partial charge in [0.25, 0.3) is 5.91 Å². The van der Waals surface area contributed by atoms with Gasteiger partial charge < -0.3 is 10.6 Å². The van der Waals surface area contributed by atoms with E-state index < -0.39 is 0 Å². The first-order valence-electron chi connectivity index (χ1n) is 7.41. The van der Waals surface area contributed by atoms with Crippen molar-refractivity contribution in [1.82, 2.24) is 10.6 Å². The van der Waals surface area contributed by atoms with E-state index in [1.807, 2.05) is 0 Å². The fraction of sp³-hybridized carbons (Fsp3) is 0.158. The van der Waals surface area contributed by atoms with Gasteiger partial charge in [-0.2, -0.15) is 0 Å². The smallest absolute Gasteiger partial charge is 0.252 e. The molecule has 24 heavy (non-hydrogen) atoms. The second-order valence-corrected chi connectivity index (χ2v) is 5.01. The molecule has 0 aliphatic heterocycles. The number of nitrogens with one attached hydrogen (secondary N) is 2. The van der Waals surface area contributed by atoms with E-state index in [1.165, 1.54) is 12.1 Å². The van der Waals surface area contributed by atoms with E-state index >= 15 is 0 Å². The minimum absolute atomic E-state index is 0.163. The van der Waals surface area contributed by atoms with Gasteiger partial charge in [0, 0.05) is 12.6 Å². The summed E-state index contributed by atoms with van der Waals surface area (Å²) in [5.41, 5.74) is 1.82. The van der Waals surface area contributed by atoms with E-state index in [9.17, 15) is 14.0 Å². The van der Waals surface area contributed by atoms with Crippen LogP contribution in [0.5, 0.6) is 0 Å². The van der Waals surface area contributed by atoms with Crippen LogP contribution in [-0.2, 0) is 11.2 Å². The normalized spacial score (nSPS) is 9.58. The van der Waals surface area contributed by atoms with Crippen LogP contribution in [0.1, 0.15) is 21.5 Å². The molecule has 0 fully saturated rings. The highest BCUT2D eigenvalue weighted by atomic mass is 19.1. The molecule has 0 aliphatic rings. The molecule has 2 rings (SSSR count). The maximum absolute atomic E-state index is 12.8. The van der Waals surface area contributed by atoms with Crippen LogP contribution in [0.2, 0.25) is 0 Å². The third kappa shape index (κ3) is 4.96. The van der Waals surface area contributed by atoms with Gasteiger partial charge in [-0.05, 0) is 29.8 Å². The fourth-order valence-corrected chi connectivity index (χ4v) is 2.06. The second kappa shape index (κ2) is 8.49. The van der Waals surface area contributed by atoms with Gasteiger partial charge in [0.1, 0.15) is 5.82 Å². The van der Waals surface area contributed by atoms with Gasteiger partial charge in [-0.1, -0.05) is 36.1 Å². The molecule has 0 radical (unpaired) electrons. The molecule has 0 spiro atoms. The van der Waals surface area contributed by atoms with Crippen molar-refractivity contribution in [3.8, 4) is 11.8 Å². The van der Waals surface area contributed by atoms with Crippen LogP contribution < -0.4 is 10.6 Å². The van der Waals surface area contributed by atoms with Crippen LogP contribution in [0.25, 0.3) is 0 Å². The molecule has 0 unspecified atom stereocenters. The number of carbonyl (C=O) groups excluding carboxylic acids is 2. The zero-order valence-corrected chi connectivity index (χ0v) is 13.2. The summed E-state index contributed by atoms with van der Waals surface area (Å²) in [6, 6.07) is 12.8. The first-order valence-corrected chi connectivity index (χ1v) is 7.41. The SMILES string of the molecule is CNC(=O)c1ccccc1C#CCNC(=O)Cc1ccc(F)cc1. The molecule has 0 bridgehead atoms. The Morgan fingerprint density at radius 2 is 1.79 bits per heavy atom. The average Bonchev–Trinajstić information content (AvgIpc) is 2.60. The van der Waals surface area contributed by atoms with Crippen LogP contribution in [-0.4, -0.2) is 25.4 Å². The number of carbonyl (C=O) groups is 2. The highest BCUT2D eigenvalue weighted by molar-refractivity contribution is 5.96. The molecule has 2 N–H and O–H groups in total. The molecule has 4 nitrogen and oxygen atoms in total. The largest absolute Gasteiger partial charge is 0.355 e. The van der Waals surface area contributed by atoms with Gasteiger partial charge >= 0.3 is 0 Å². The number of amides is 2. The lowest BCUT2D eigenvalue weighted by molar-refractivity contribution is -0.120. The molecule has 0 saturated heterocycles. The Bertz CT molecular complexity index is 789. The van der Waals surface area contributed by atoms with Crippen molar-refractivity contribution in [1.29, 1.82) is 0 Å². The summed E-state index contributed by atoms with van der Waals surface area (Å²) in [7, 11) is 1.56. The van der Waals surface area contributed by atoms with E-state index in [4.69, 9.17) is 0 Å². The molecule has 0 aromatic heterocycles. The van der Waals surface area contributed by atoms with Crippen LogP contribution in [0.3, 0.4) is 0 Å². The summed E-state index contributed by atoms with van der Waals surface area (Å²) in [6.07, 6.45) is 0.163. The molecule has 0 aliphatic carbocycles. The van der Waals surface area contributed by atoms with Crippen molar-refractivity contribution in [2.75, 3.05) is 13.6 Å². The molecular formula is C19H17FN2O2. The minimum Gasteiger partial charge on any atom is -0.355 e.